The highest BCUT2D eigenvalue weighted by Crippen LogP contribution is 2.18. The van der Waals surface area contributed by atoms with Crippen molar-refractivity contribution in [3.05, 3.63) is 36.5 Å². The Bertz CT molecular complexity index is 768. The molecule has 0 aliphatic carbocycles. The Morgan fingerprint density at radius 3 is 1.33 bits per heavy atom. The first kappa shape index (κ1) is 46.2. The Balaban J connectivity index is 3.89. The van der Waals surface area contributed by atoms with Crippen LogP contribution in [0.25, 0.3) is 0 Å². The van der Waals surface area contributed by atoms with Gasteiger partial charge >= 0.3 is 11.9 Å². The summed E-state index contributed by atoms with van der Waals surface area (Å²) in [5.74, 6) is -0.765. The molecule has 0 amide bonds. The lowest BCUT2D eigenvalue weighted by molar-refractivity contribution is -0.150. The fourth-order valence-corrected chi connectivity index (χ4v) is 6.21. The van der Waals surface area contributed by atoms with Crippen LogP contribution in [-0.4, -0.2) is 23.1 Å². The fraction of sp³-hybridized carbons (Fsp3) is 0.818. The Morgan fingerprint density at radius 1 is 0.458 bits per heavy atom. The van der Waals surface area contributed by atoms with Crippen LogP contribution in [-0.2, 0) is 14.3 Å². The normalized spacial score (nSPS) is 12.5. The standard InChI is InChI=1S/C44H80O4/c1-3-5-7-9-11-13-15-16-17-18-19-20-21-22-23-24-26-28-30-32-37-41-44(47)48-42(39-35-33-36-40-43(45)46)38-34-31-29-27-25-14-12-10-8-6-4-2/h11,13,16-17,22-23,42H,3-10,12,14-15,18-21,24-41H2,1-2H3,(H,45,46)/b13-11-,17-16-,23-22-. The van der Waals surface area contributed by atoms with Gasteiger partial charge in [-0.1, -0.05) is 153 Å². The molecule has 0 radical (unpaired) electrons. The van der Waals surface area contributed by atoms with Gasteiger partial charge in [-0.2, -0.15) is 0 Å². The summed E-state index contributed by atoms with van der Waals surface area (Å²) in [5, 5.41) is 8.90. The molecule has 1 unspecified atom stereocenters. The SMILES string of the molecule is CCCCC/C=C\C/C=C\CCCC/C=C\CCCCCCCC(=O)OC(CCCCCCCCCCCCC)CCCCCC(=O)O. The number of rotatable bonds is 38. The zero-order valence-electron chi connectivity index (χ0n) is 32.0. The summed E-state index contributed by atoms with van der Waals surface area (Å²) < 4.78 is 5.94. The van der Waals surface area contributed by atoms with Crippen LogP contribution in [0.5, 0.6) is 0 Å². The first-order chi connectivity index (χ1) is 23.6. The molecule has 0 aromatic heterocycles. The third kappa shape index (κ3) is 38.6. The van der Waals surface area contributed by atoms with Crippen molar-refractivity contribution in [2.45, 2.75) is 232 Å². The molecule has 0 aromatic rings. The second-order valence-corrected chi connectivity index (χ2v) is 14.2. The smallest absolute Gasteiger partial charge is 0.306 e. The van der Waals surface area contributed by atoms with Gasteiger partial charge in [0.1, 0.15) is 6.10 Å². The van der Waals surface area contributed by atoms with Crippen molar-refractivity contribution in [1.29, 1.82) is 0 Å². The average Bonchev–Trinajstić information content (AvgIpc) is 3.07. The predicted octanol–water partition coefficient (Wildman–Crippen LogP) is 14.6. The Morgan fingerprint density at radius 2 is 0.812 bits per heavy atom. The summed E-state index contributed by atoms with van der Waals surface area (Å²) in [4.78, 5) is 23.4. The molecule has 0 spiro atoms. The lowest BCUT2D eigenvalue weighted by atomic mass is 10.0. The second kappa shape index (κ2) is 39.6. The zero-order valence-corrected chi connectivity index (χ0v) is 32.0. The molecule has 0 aliphatic rings. The van der Waals surface area contributed by atoms with Crippen LogP contribution in [0.15, 0.2) is 36.5 Å². The van der Waals surface area contributed by atoms with Gasteiger partial charge in [0.05, 0.1) is 0 Å². The maximum absolute atomic E-state index is 12.6. The van der Waals surface area contributed by atoms with Gasteiger partial charge < -0.3 is 9.84 Å². The third-order valence-electron chi connectivity index (χ3n) is 9.33. The van der Waals surface area contributed by atoms with Crippen LogP contribution in [0.2, 0.25) is 0 Å². The van der Waals surface area contributed by atoms with Crippen LogP contribution in [0, 0.1) is 0 Å². The molecule has 4 nitrogen and oxygen atoms in total. The van der Waals surface area contributed by atoms with E-state index in [2.05, 4.69) is 50.3 Å². The highest BCUT2D eigenvalue weighted by Gasteiger charge is 2.14. The number of carbonyl (C=O) groups excluding carboxylic acids is 1. The number of hydrogen-bond acceptors (Lipinski definition) is 3. The third-order valence-corrected chi connectivity index (χ3v) is 9.33. The zero-order chi connectivity index (χ0) is 35.0. The number of carboxylic acids is 1. The summed E-state index contributed by atoms with van der Waals surface area (Å²) in [7, 11) is 0. The number of ether oxygens (including phenoxy) is 1. The lowest BCUT2D eigenvalue weighted by Gasteiger charge is -2.18. The Hall–Kier alpha value is -1.84. The van der Waals surface area contributed by atoms with Crippen LogP contribution < -0.4 is 0 Å². The fourth-order valence-electron chi connectivity index (χ4n) is 6.21. The highest BCUT2D eigenvalue weighted by atomic mass is 16.5. The summed E-state index contributed by atoms with van der Waals surface area (Å²) in [6.07, 6.45) is 51.6. The minimum Gasteiger partial charge on any atom is -0.481 e. The molecule has 4 heteroatoms. The van der Waals surface area contributed by atoms with Gasteiger partial charge in [0.25, 0.3) is 0 Å². The summed E-state index contributed by atoms with van der Waals surface area (Å²) in [6, 6.07) is 0. The maximum Gasteiger partial charge on any atom is 0.306 e. The van der Waals surface area contributed by atoms with Crippen molar-refractivity contribution in [1.82, 2.24) is 0 Å². The highest BCUT2D eigenvalue weighted by molar-refractivity contribution is 5.69. The first-order valence-electron chi connectivity index (χ1n) is 21.0. The van der Waals surface area contributed by atoms with Crippen molar-refractivity contribution in [2.24, 2.45) is 0 Å². The van der Waals surface area contributed by atoms with E-state index in [1.165, 1.54) is 141 Å². The number of hydrogen-bond donors (Lipinski definition) is 1. The maximum atomic E-state index is 12.6. The Labute approximate surface area is 299 Å². The van der Waals surface area contributed by atoms with Crippen LogP contribution in [0.3, 0.4) is 0 Å². The molecule has 1 N–H and O–H groups in total. The molecular weight excluding hydrogens is 592 g/mol. The molecule has 0 fully saturated rings. The minimum atomic E-state index is -0.725. The first-order valence-corrected chi connectivity index (χ1v) is 21.0. The number of aliphatic carboxylic acids is 1. The Kier molecular flexibility index (Phi) is 38.1. The van der Waals surface area contributed by atoms with E-state index < -0.39 is 5.97 Å². The molecule has 0 saturated heterocycles. The predicted molar refractivity (Wildman–Crippen MR) is 209 cm³/mol. The molecule has 0 aromatic carbocycles. The number of unbranched alkanes of at least 4 members (excludes halogenated alkanes) is 23. The van der Waals surface area contributed by atoms with E-state index in [0.29, 0.717) is 12.8 Å². The molecular formula is C44H80O4. The van der Waals surface area contributed by atoms with E-state index in [9.17, 15) is 9.59 Å². The molecule has 1 atom stereocenters. The van der Waals surface area contributed by atoms with Gasteiger partial charge in [0.15, 0.2) is 0 Å². The van der Waals surface area contributed by atoms with E-state index in [1.54, 1.807) is 0 Å². The van der Waals surface area contributed by atoms with E-state index in [1.807, 2.05) is 0 Å². The van der Waals surface area contributed by atoms with Crippen molar-refractivity contribution in [3.63, 3.8) is 0 Å². The molecule has 280 valence electrons. The van der Waals surface area contributed by atoms with Gasteiger partial charge in [0, 0.05) is 12.8 Å². The number of esters is 1. The number of carboxylic acid groups (broad SMARTS) is 1. The van der Waals surface area contributed by atoms with Gasteiger partial charge in [0.2, 0.25) is 0 Å². The second-order valence-electron chi connectivity index (χ2n) is 14.2. The van der Waals surface area contributed by atoms with Gasteiger partial charge in [-0.25, -0.2) is 0 Å². The van der Waals surface area contributed by atoms with E-state index >= 15 is 0 Å². The van der Waals surface area contributed by atoms with Crippen molar-refractivity contribution >= 4 is 11.9 Å². The molecule has 0 aliphatic heterocycles. The van der Waals surface area contributed by atoms with Crippen LogP contribution >= 0.6 is 0 Å². The van der Waals surface area contributed by atoms with E-state index in [-0.39, 0.29) is 18.5 Å². The lowest BCUT2D eigenvalue weighted by Crippen LogP contribution is -2.18. The van der Waals surface area contributed by atoms with Crippen LogP contribution in [0.4, 0.5) is 0 Å². The average molecular weight is 673 g/mol. The number of allylic oxidation sites excluding steroid dienone is 6. The van der Waals surface area contributed by atoms with E-state index in [4.69, 9.17) is 9.84 Å². The largest absolute Gasteiger partial charge is 0.481 e. The number of carbonyl (C=O) groups is 2. The quantitative estimate of drug-likeness (QED) is 0.0403. The molecule has 0 rings (SSSR count). The van der Waals surface area contributed by atoms with Crippen molar-refractivity contribution in [2.75, 3.05) is 0 Å². The summed E-state index contributed by atoms with van der Waals surface area (Å²) in [6.45, 7) is 4.52. The monoisotopic (exact) mass is 673 g/mol. The summed E-state index contributed by atoms with van der Waals surface area (Å²) in [5.41, 5.74) is 0. The van der Waals surface area contributed by atoms with Crippen molar-refractivity contribution < 1.29 is 19.4 Å². The molecule has 0 bridgehead atoms. The van der Waals surface area contributed by atoms with E-state index in [0.717, 1.165) is 51.4 Å². The topological polar surface area (TPSA) is 63.6 Å². The molecule has 0 heterocycles. The van der Waals surface area contributed by atoms with Gasteiger partial charge in [-0.15, -0.1) is 0 Å². The van der Waals surface area contributed by atoms with Crippen LogP contribution in [0.1, 0.15) is 226 Å². The minimum absolute atomic E-state index is 0.00326. The molecule has 48 heavy (non-hydrogen) atoms. The van der Waals surface area contributed by atoms with Crippen molar-refractivity contribution in [3.8, 4) is 0 Å². The van der Waals surface area contributed by atoms with Gasteiger partial charge in [-0.3, -0.25) is 9.59 Å². The van der Waals surface area contributed by atoms with Gasteiger partial charge in [-0.05, 0) is 96.3 Å². The summed E-state index contributed by atoms with van der Waals surface area (Å²) >= 11 is 0. The molecule has 0 saturated carbocycles.